The van der Waals surface area contributed by atoms with Crippen molar-refractivity contribution in [3.05, 3.63) is 29.3 Å². The van der Waals surface area contributed by atoms with E-state index in [2.05, 4.69) is 66.5 Å². The Bertz CT molecular complexity index is 674. The molecule has 2 N–H and O–H groups in total. The van der Waals surface area contributed by atoms with Crippen molar-refractivity contribution in [3.63, 3.8) is 0 Å². The smallest absolute Gasteiger partial charge is 0.191 e. The third kappa shape index (κ3) is 7.27. The number of nitrogens with one attached hydrogen (secondary N) is 2. The number of guanidine groups is 1. The lowest BCUT2D eigenvalue weighted by atomic mass is 10.0. The number of nitrogens with zero attached hydrogens (tertiary/aromatic N) is 3. The van der Waals surface area contributed by atoms with E-state index in [1.807, 2.05) is 0 Å². The summed E-state index contributed by atoms with van der Waals surface area (Å²) in [6, 6.07) is 7.07. The fourth-order valence-electron chi connectivity index (χ4n) is 4.15. The molecule has 1 aromatic carbocycles. The van der Waals surface area contributed by atoms with Crippen LogP contribution in [0.3, 0.4) is 0 Å². The van der Waals surface area contributed by atoms with E-state index in [1.165, 1.54) is 11.1 Å². The summed E-state index contributed by atoms with van der Waals surface area (Å²) < 4.78 is 5.61. The topological polar surface area (TPSA) is 52.1 Å². The summed E-state index contributed by atoms with van der Waals surface area (Å²) in [5.41, 5.74) is 2.70. The Kier molecular flexibility index (Phi) is 10.7. The van der Waals surface area contributed by atoms with Gasteiger partial charge >= 0.3 is 0 Å². The Balaban J connectivity index is 0.00000320. The Labute approximate surface area is 199 Å². The molecule has 1 aromatic rings. The van der Waals surface area contributed by atoms with Gasteiger partial charge < -0.3 is 20.3 Å². The van der Waals surface area contributed by atoms with Gasteiger partial charge in [0.05, 0.1) is 13.2 Å². The van der Waals surface area contributed by atoms with E-state index in [-0.39, 0.29) is 24.0 Å². The van der Waals surface area contributed by atoms with Crippen LogP contribution in [0.1, 0.15) is 31.9 Å². The molecule has 6 nitrogen and oxygen atoms in total. The van der Waals surface area contributed by atoms with Gasteiger partial charge in [-0.25, -0.2) is 0 Å². The van der Waals surface area contributed by atoms with Gasteiger partial charge in [0.25, 0.3) is 0 Å². The average molecular weight is 530 g/mol. The highest BCUT2D eigenvalue weighted by molar-refractivity contribution is 14.0. The number of halogens is 1. The summed E-state index contributed by atoms with van der Waals surface area (Å²) >= 11 is 0. The largest absolute Gasteiger partial charge is 0.493 e. The molecule has 0 radical (unpaired) electrons. The molecule has 0 aromatic heterocycles. The Morgan fingerprint density at radius 2 is 1.93 bits per heavy atom. The van der Waals surface area contributed by atoms with Gasteiger partial charge in [-0.05, 0) is 43.5 Å². The second kappa shape index (κ2) is 12.7. The molecule has 0 spiro atoms. The van der Waals surface area contributed by atoms with Gasteiger partial charge in [-0.15, -0.1) is 24.0 Å². The van der Waals surface area contributed by atoms with Crippen LogP contribution in [0.2, 0.25) is 0 Å². The summed E-state index contributed by atoms with van der Waals surface area (Å²) in [6.45, 7) is 14.8. The number of fused-ring (bicyclic) bond motifs is 1. The number of rotatable bonds is 8. The number of ether oxygens (including phenoxy) is 1. The van der Waals surface area contributed by atoms with E-state index >= 15 is 0 Å². The first-order valence-corrected chi connectivity index (χ1v) is 11.3. The number of likely N-dealkylation sites (N-methyl/N-ethyl adjacent to an activating group) is 1. The summed E-state index contributed by atoms with van der Waals surface area (Å²) in [6.07, 6.45) is 2.02. The molecule has 2 aliphatic heterocycles. The predicted octanol–water partition coefficient (Wildman–Crippen LogP) is 2.61. The van der Waals surface area contributed by atoms with Crippen LogP contribution in [0.4, 0.5) is 0 Å². The number of benzene rings is 1. The van der Waals surface area contributed by atoms with Gasteiger partial charge in [0.2, 0.25) is 0 Å². The lowest BCUT2D eigenvalue weighted by Gasteiger charge is -2.39. The molecule has 2 aliphatic rings. The molecule has 30 heavy (non-hydrogen) atoms. The van der Waals surface area contributed by atoms with Gasteiger partial charge in [-0.1, -0.05) is 26.0 Å². The van der Waals surface area contributed by atoms with Crippen molar-refractivity contribution in [1.82, 2.24) is 20.4 Å². The molecule has 0 aliphatic carbocycles. The van der Waals surface area contributed by atoms with E-state index in [0.717, 1.165) is 77.0 Å². The van der Waals surface area contributed by atoms with Gasteiger partial charge in [-0.2, -0.15) is 0 Å². The first-order valence-electron chi connectivity index (χ1n) is 11.3. The fourth-order valence-corrected chi connectivity index (χ4v) is 4.15. The van der Waals surface area contributed by atoms with Crippen molar-refractivity contribution in [2.24, 2.45) is 10.9 Å². The van der Waals surface area contributed by atoms with Crippen molar-refractivity contribution in [2.75, 3.05) is 59.5 Å². The molecule has 3 rings (SSSR count). The number of aliphatic imine (C=N–C) groups is 1. The molecule has 2 heterocycles. The Morgan fingerprint density at radius 3 is 2.63 bits per heavy atom. The van der Waals surface area contributed by atoms with E-state index in [0.29, 0.717) is 12.0 Å². The summed E-state index contributed by atoms with van der Waals surface area (Å²) in [7, 11) is 2.21. The van der Waals surface area contributed by atoms with Crippen LogP contribution < -0.4 is 15.4 Å². The van der Waals surface area contributed by atoms with Crippen molar-refractivity contribution in [3.8, 4) is 5.75 Å². The predicted molar refractivity (Wildman–Crippen MR) is 136 cm³/mol. The second-order valence-electron chi connectivity index (χ2n) is 8.59. The maximum Gasteiger partial charge on any atom is 0.191 e. The molecule has 1 saturated heterocycles. The van der Waals surface area contributed by atoms with Crippen molar-refractivity contribution < 1.29 is 4.74 Å². The zero-order valence-electron chi connectivity index (χ0n) is 19.1. The minimum Gasteiger partial charge on any atom is -0.493 e. The van der Waals surface area contributed by atoms with Crippen molar-refractivity contribution in [2.45, 2.75) is 39.7 Å². The van der Waals surface area contributed by atoms with Crippen LogP contribution >= 0.6 is 24.0 Å². The zero-order valence-corrected chi connectivity index (χ0v) is 21.4. The van der Waals surface area contributed by atoms with E-state index in [1.54, 1.807) is 0 Å². The third-order valence-electron chi connectivity index (χ3n) is 6.02. The Morgan fingerprint density at radius 1 is 1.17 bits per heavy atom. The van der Waals surface area contributed by atoms with Crippen molar-refractivity contribution >= 4 is 29.9 Å². The molecule has 170 valence electrons. The molecular formula is C23H40IN5O. The van der Waals surface area contributed by atoms with E-state index < -0.39 is 0 Å². The van der Waals surface area contributed by atoms with E-state index in [9.17, 15) is 0 Å². The van der Waals surface area contributed by atoms with Crippen molar-refractivity contribution in [1.29, 1.82) is 0 Å². The zero-order chi connectivity index (χ0) is 20.6. The quantitative estimate of drug-likeness (QED) is 0.308. The molecule has 1 fully saturated rings. The maximum atomic E-state index is 5.61. The van der Waals surface area contributed by atoms with Gasteiger partial charge in [0, 0.05) is 51.7 Å². The highest BCUT2D eigenvalue weighted by atomic mass is 127. The monoisotopic (exact) mass is 529 g/mol. The minimum absolute atomic E-state index is 0. The van der Waals surface area contributed by atoms with Crippen LogP contribution in [0.15, 0.2) is 23.2 Å². The maximum absolute atomic E-state index is 5.61. The average Bonchev–Trinajstić information content (AvgIpc) is 3.17. The first-order chi connectivity index (χ1) is 14.1. The van der Waals surface area contributed by atoms with Crippen LogP contribution in [-0.4, -0.2) is 81.3 Å². The summed E-state index contributed by atoms with van der Waals surface area (Å²) in [4.78, 5) is 9.96. The SMILES string of the molecule is CCNC(=NCC(C(C)C)N1CCN(C)CC1)NCCc1ccc2c(c1)CCO2.I. The molecule has 7 heteroatoms. The fraction of sp³-hybridized carbons (Fsp3) is 0.696. The third-order valence-corrected chi connectivity index (χ3v) is 6.02. The number of piperazine rings is 1. The highest BCUT2D eigenvalue weighted by Gasteiger charge is 2.24. The van der Waals surface area contributed by atoms with Gasteiger partial charge in [0.15, 0.2) is 5.96 Å². The standard InChI is InChI=1S/C23H39N5O.HI/c1-5-24-23(25-10-8-19-6-7-22-20(16-19)9-15-29-22)26-17-21(18(2)3)28-13-11-27(4)12-14-28;/h6-7,16,18,21H,5,8-15,17H2,1-4H3,(H2,24,25,26);1H. The lowest BCUT2D eigenvalue weighted by molar-refractivity contribution is 0.0925. The molecule has 1 atom stereocenters. The molecule has 1 unspecified atom stereocenters. The molecule has 0 amide bonds. The molecule has 0 bridgehead atoms. The van der Waals surface area contributed by atoms with Gasteiger partial charge in [0.1, 0.15) is 5.75 Å². The highest BCUT2D eigenvalue weighted by Crippen LogP contribution is 2.25. The van der Waals surface area contributed by atoms with Gasteiger partial charge in [-0.3, -0.25) is 9.89 Å². The minimum atomic E-state index is 0. The summed E-state index contributed by atoms with van der Waals surface area (Å²) in [5, 5.41) is 6.93. The first kappa shape index (κ1) is 25.2. The van der Waals surface area contributed by atoms with Crippen LogP contribution in [0.25, 0.3) is 0 Å². The normalized spacial score (nSPS) is 18.5. The molecular weight excluding hydrogens is 489 g/mol. The number of hydrogen-bond acceptors (Lipinski definition) is 4. The van der Waals surface area contributed by atoms with Crippen LogP contribution in [-0.2, 0) is 12.8 Å². The lowest BCUT2D eigenvalue weighted by Crippen LogP contribution is -2.52. The van der Waals surface area contributed by atoms with Crippen LogP contribution in [0, 0.1) is 5.92 Å². The Hall–Kier alpha value is -1.06. The van der Waals surface area contributed by atoms with Crippen LogP contribution in [0.5, 0.6) is 5.75 Å². The summed E-state index contributed by atoms with van der Waals surface area (Å²) in [5.74, 6) is 2.58. The second-order valence-corrected chi connectivity index (χ2v) is 8.59. The number of hydrogen-bond donors (Lipinski definition) is 2. The molecule has 0 saturated carbocycles. The van der Waals surface area contributed by atoms with E-state index in [4.69, 9.17) is 9.73 Å².